The highest BCUT2D eigenvalue weighted by molar-refractivity contribution is 5.85. The van der Waals surface area contributed by atoms with Crippen LogP contribution in [0.4, 0.5) is 0 Å². The topological polar surface area (TPSA) is 12.5 Å². The van der Waals surface area contributed by atoms with Gasteiger partial charge in [0.1, 0.15) is 5.75 Å². The first-order valence-electron chi connectivity index (χ1n) is 6.83. The maximum atomic E-state index is 5.26. The molecule has 1 heterocycles. The van der Waals surface area contributed by atoms with E-state index in [-0.39, 0.29) is 12.4 Å². The van der Waals surface area contributed by atoms with E-state index in [0.717, 1.165) is 12.3 Å². The molecule has 0 amide bonds. The minimum absolute atomic E-state index is 0. The van der Waals surface area contributed by atoms with Crippen LogP contribution in [-0.2, 0) is 0 Å². The minimum Gasteiger partial charge on any atom is -0.497 e. The predicted octanol–water partition coefficient (Wildman–Crippen LogP) is 4.01. The van der Waals surface area contributed by atoms with E-state index in [9.17, 15) is 0 Å². The van der Waals surface area contributed by atoms with Gasteiger partial charge in [-0.05, 0) is 56.1 Å². The molecule has 1 fully saturated rings. The molecule has 1 saturated heterocycles. The van der Waals surface area contributed by atoms with Crippen molar-refractivity contribution < 1.29 is 4.74 Å². The van der Waals surface area contributed by atoms with E-state index >= 15 is 0 Å². The Balaban J connectivity index is 0.00000180. The third-order valence-corrected chi connectivity index (χ3v) is 3.63. The van der Waals surface area contributed by atoms with Gasteiger partial charge >= 0.3 is 0 Å². The average molecular weight is 282 g/mol. The Hall–Kier alpha value is -0.990. The zero-order chi connectivity index (χ0) is 12.8. The lowest BCUT2D eigenvalue weighted by Gasteiger charge is -2.25. The van der Waals surface area contributed by atoms with Crippen LogP contribution in [0.1, 0.15) is 31.7 Å². The summed E-state index contributed by atoms with van der Waals surface area (Å²) in [6.07, 6.45) is 6.44. The largest absolute Gasteiger partial charge is 0.497 e. The van der Waals surface area contributed by atoms with Gasteiger partial charge in [-0.1, -0.05) is 24.6 Å². The van der Waals surface area contributed by atoms with Crippen molar-refractivity contribution in [1.82, 2.24) is 4.90 Å². The zero-order valence-electron chi connectivity index (χ0n) is 11.9. The van der Waals surface area contributed by atoms with Gasteiger partial charge in [0.15, 0.2) is 0 Å². The summed E-state index contributed by atoms with van der Waals surface area (Å²) in [5, 5.41) is 0. The number of rotatable bonds is 4. The van der Waals surface area contributed by atoms with Crippen LogP contribution in [0.15, 0.2) is 30.3 Å². The summed E-state index contributed by atoms with van der Waals surface area (Å²) in [7, 11) is 1.71. The molecule has 2 nitrogen and oxygen atoms in total. The fourth-order valence-electron chi connectivity index (χ4n) is 2.39. The molecule has 0 radical (unpaired) electrons. The molecule has 19 heavy (non-hydrogen) atoms. The van der Waals surface area contributed by atoms with Crippen molar-refractivity contribution in [3.63, 3.8) is 0 Å². The lowest BCUT2D eigenvalue weighted by molar-refractivity contribution is 0.251. The molecule has 1 aromatic rings. The van der Waals surface area contributed by atoms with Crippen molar-refractivity contribution in [2.45, 2.75) is 26.2 Å². The Kier molecular flexibility index (Phi) is 6.96. The third-order valence-electron chi connectivity index (χ3n) is 3.63. The van der Waals surface area contributed by atoms with Crippen molar-refractivity contribution in [2.75, 3.05) is 26.7 Å². The van der Waals surface area contributed by atoms with Crippen LogP contribution in [0.2, 0.25) is 0 Å². The van der Waals surface area contributed by atoms with E-state index in [1.807, 2.05) is 12.1 Å². The monoisotopic (exact) mass is 281 g/mol. The second-order valence-electron chi connectivity index (χ2n) is 4.98. The molecule has 0 atom stereocenters. The molecule has 3 heteroatoms. The summed E-state index contributed by atoms with van der Waals surface area (Å²) in [4.78, 5) is 2.53. The molecule has 1 aliphatic rings. The van der Waals surface area contributed by atoms with Crippen molar-refractivity contribution in [3.8, 4) is 5.75 Å². The van der Waals surface area contributed by atoms with E-state index in [1.54, 1.807) is 7.11 Å². The number of ether oxygens (including phenoxy) is 1. The number of likely N-dealkylation sites (tertiary alicyclic amines) is 1. The number of methoxy groups -OCH3 is 1. The van der Waals surface area contributed by atoms with Crippen molar-refractivity contribution in [1.29, 1.82) is 0 Å². The van der Waals surface area contributed by atoms with E-state index in [0.29, 0.717) is 0 Å². The quantitative estimate of drug-likeness (QED) is 0.827. The Bertz CT molecular complexity index is 411. The Morgan fingerprint density at radius 2 is 2.00 bits per heavy atom. The molecule has 0 aromatic heterocycles. The second-order valence-corrected chi connectivity index (χ2v) is 4.98. The molecular weight excluding hydrogens is 258 g/mol. The number of allylic oxidation sites excluding steroid dienone is 1. The first-order valence-corrected chi connectivity index (χ1v) is 6.83. The summed E-state index contributed by atoms with van der Waals surface area (Å²) in [5.41, 5.74) is 2.59. The lowest BCUT2D eigenvalue weighted by atomic mass is 10.1. The molecule has 106 valence electrons. The summed E-state index contributed by atoms with van der Waals surface area (Å²) in [6, 6.07) is 8.28. The van der Waals surface area contributed by atoms with Gasteiger partial charge in [-0.3, -0.25) is 4.90 Å². The minimum atomic E-state index is 0. The van der Waals surface area contributed by atoms with Crippen molar-refractivity contribution >= 4 is 18.0 Å². The highest BCUT2D eigenvalue weighted by atomic mass is 35.5. The SMILES string of the molecule is COc1cccc(/C(C)=C/CN2CCCCC2)c1.Cl. The maximum Gasteiger partial charge on any atom is 0.119 e. The van der Waals surface area contributed by atoms with Crippen LogP contribution in [0.5, 0.6) is 5.75 Å². The van der Waals surface area contributed by atoms with E-state index in [1.165, 1.54) is 43.5 Å². The van der Waals surface area contributed by atoms with Gasteiger partial charge in [-0.15, -0.1) is 12.4 Å². The molecule has 0 aliphatic carbocycles. The third kappa shape index (κ3) is 4.88. The smallest absolute Gasteiger partial charge is 0.119 e. The first-order chi connectivity index (χ1) is 8.79. The number of piperidine rings is 1. The Morgan fingerprint density at radius 3 is 2.68 bits per heavy atom. The molecule has 0 saturated carbocycles. The van der Waals surface area contributed by atoms with Crippen LogP contribution in [0.3, 0.4) is 0 Å². The standard InChI is InChI=1S/C16H23NO.ClH/c1-14(9-12-17-10-4-3-5-11-17)15-7-6-8-16(13-15)18-2;/h6-9,13H,3-5,10-12H2,1-2H3;1H/b14-9+;. The number of nitrogens with zero attached hydrogens (tertiary/aromatic N) is 1. The summed E-state index contributed by atoms with van der Waals surface area (Å²) >= 11 is 0. The number of hydrogen-bond donors (Lipinski definition) is 0. The summed E-state index contributed by atoms with van der Waals surface area (Å²) in [5.74, 6) is 0.929. The van der Waals surface area contributed by atoms with Crippen LogP contribution >= 0.6 is 12.4 Å². The van der Waals surface area contributed by atoms with Gasteiger partial charge in [0.2, 0.25) is 0 Å². The zero-order valence-corrected chi connectivity index (χ0v) is 12.7. The predicted molar refractivity (Wildman–Crippen MR) is 84.2 cm³/mol. The van der Waals surface area contributed by atoms with Crippen LogP contribution in [-0.4, -0.2) is 31.6 Å². The molecule has 0 bridgehead atoms. The summed E-state index contributed by atoms with van der Waals surface area (Å²) < 4.78 is 5.26. The van der Waals surface area contributed by atoms with Crippen LogP contribution in [0.25, 0.3) is 5.57 Å². The number of hydrogen-bond acceptors (Lipinski definition) is 2. The normalized spacial score (nSPS) is 16.8. The maximum absolute atomic E-state index is 5.26. The van der Waals surface area contributed by atoms with Crippen LogP contribution in [0, 0.1) is 0 Å². The Morgan fingerprint density at radius 1 is 1.26 bits per heavy atom. The van der Waals surface area contributed by atoms with E-state index in [2.05, 4.69) is 30.0 Å². The van der Waals surface area contributed by atoms with E-state index < -0.39 is 0 Å². The van der Waals surface area contributed by atoms with Crippen molar-refractivity contribution in [2.24, 2.45) is 0 Å². The first kappa shape index (κ1) is 16.1. The lowest BCUT2D eigenvalue weighted by Crippen LogP contribution is -2.29. The molecule has 0 N–H and O–H groups in total. The van der Waals surface area contributed by atoms with Gasteiger partial charge < -0.3 is 4.74 Å². The van der Waals surface area contributed by atoms with Gasteiger partial charge in [0.25, 0.3) is 0 Å². The number of halogens is 1. The van der Waals surface area contributed by atoms with Crippen LogP contribution < -0.4 is 4.74 Å². The summed E-state index contributed by atoms with van der Waals surface area (Å²) in [6.45, 7) is 5.76. The fraction of sp³-hybridized carbons (Fsp3) is 0.500. The Labute approximate surface area is 122 Å². The van der Waals surface area contributed by atoms with E-state index in [4.69, 9.17) is 4.74 Å². The highest BCUT2D eigenvalue weighted by Gasteiger charge is 2.08. The number of benzene rings is 1. The molecule has 2 rings (SSSR count). The van der Waals surface area contributed by atoms with Gasteiger partial charge in [0, 0.05) is 6.54 Å². The molecular formula is C16H24ClNO. The second kappa shape index (κ2) is 8.23. The fourth-order valence-corrected chi connectivity index (χ4v) is 2.39. The average Bonchev–Trinajstić information content (AvgIpc) is 2.46. The highest BCUT2D eigenvalue weighted by Crippen LogP contribution is 2.20. The molecule has 1 aromatic carbocycles. The van der Waals surface area contributed by atoms with Gasteiger partial charge in [-0.25, -0.2) is 0 Å². The molecule has 1 aliphatic heterocycles. The van der Waals surface area contributed by atoms with Crippen molar-refractivity contribution in [3.05, 3.63) is 35.9 Å². The molecule has 0 spiro atoms. The van der Waals surface area contributed by atoms with Gasteiger partial charge in [0.05, 0.1) is 7.11 Å². The van der Waals surface area contributed by atoms with Gasteiger partial charge in [-0.2, -0.15) is 0 Å². The molecule has 0 unspecified atom stereocenters.